The molecule has 1 aromatic carbocycles. The number of benzene rings is 1. The van der Waals surface area contributed by atoms with Crippen LogP contribution in [0.15, 0.2) is 35.3 Å². The third kappa shape index (κ3) is 4.68. The van der Waals surface area contributed by atoms with Crippen molar-refractivity contribution in [2.75, 3.05) is 45.9 Å². The standard InChI is InChI=1S/C23H34N6O/c1-4-24-23(28-10-9-21(17-28)27-11-13-30-14-12-27)25-16-20-7-5-6-8-22(20)29-19(3)15-18(2)26-29/h5-8,15,21H,4,9-14,16-17H2,1-3H3,(H,24,25). The molecule has 0 radical (unpaired) electrons. The number of aliphatic imine (C=N–C) groups is 1. The van der Waals surface area contributed by atoms with Crippen LogP contribution < -0.4 is 5.32 Å². The van der Waals surface area contributed by atoms with Crippen molar-refractivity contribution in [1.29, 1.82) is 0 Å². The van der Waals surface area contributed by atoms with E-state index >= 15 is 0 Å². The largest absolute Gasteiger partial charge is 0.379 e. The van der Waals surface area contributed by atoms with Gasteiger partial charge in [-0.15, -0.1) is 0 Å². The lowest BCUT2D eigenvalue weighted by Crippen LogP contribution is -2.46. The highest BCUT2D eigenvalue weighted by Gasteiger charge is 2.30. The van der Waals surface area contributed by atoms with Crippen LogP contribution in [0.4, 0.5) is 0 Å². The van der Waals surface area contributed by atoms with Crippen LogP contribution in [0.3, 0.4) is 0 Å². The summed E-state index contributed by atoms with van der Waals surface area (Å²) in [5, 5.41) is 8.17. The Hall–Kier alpha value is -2.38. The maximum atomic E-state index is 5.52. The van der Waals surface area contributed by atoms with E-state index in [2.05, 4.69) is 64.4 Å². The number of guanidine groups is 1. The lowest BCUT2D eigenvalue weighted by atomic mass is 10.2. The van der Waals surface area contributed by atoms with Crippen molar-refractivity contribution < 1.29 is 4.74 Å². The Bertz CT molecular complexity index is 870. The number of aromatic nitrogens is 2. The van der Waals surface area contributed by atoms with Crippen LogP contribution >= 0.6 is 0 Å². The molecule has 0 aliphatic carbocycles. The number of aryl methyl sites for hydroxylation is 2. The predicted octanol–water partition coefficient (Wildman–Crippen LogP) is 2.36. The molecule has 0 bridgehead atoms. The average Bonchev–Trinajstić information content (AvgIpc) is 3.38. The lowest BCUT2D eigenvalue weighted by Gasteiger charge is -2.32. The van der Waals surface area contributed by atoms with E-state index in [0.717, 1.165) is 69.0 Å². The van der Waals surface area contributed by atoms with Gasteiger partial charge in [0, 0.05) is 44.5 Å². The molecule has 2 aliphatic heterocycles. The molecule has 0 amide bonds. The first-order valence-electron chi connectivity index (χ1n) is 11.1. The molecule has 1 unspecified atom stereocenters. The molecule has 0 saturated carbocycles. The SMILES string of the molecule is CCNC(=NCc1ccccc1-n1nc(C)cc1C)N1CCC(N2CCOCC2)C1. The Morgan fingerprint density at radius 2 is 2.00 bits per heavy atom. The summed E-state index contributed by atoms with van der Waals surface area (Å²) in [6.07, 6.45) is 1.19. The maximum Gasteiger partial charge on any atom is 0.194 e. The summed E-state index contributed by atoms with van der Waals surface area (Å²) in [4.78, 5) is 10.0. The van der Waals surface area contributed by atoms with E-state index in [9.17, 15) is 0 Å². The van der Waals surface area contributed by atoms with E-state index in [1.807, 2.05) is 11.6 Å². The van der Waals surface area contributed by atoms with Gasteiger partial charge in [-0.25, -0.2) is 9.67 Å². The molecule has 7 heteroatoms. The van der Waals surface area contributed by atoms with E-state index in [0.29, 0.717) is 12.6 Å². The van der Waals surface area contributed by atoms with Crippen molar-refractivity contribution in [2.45, 2.75) is 39.8 Å². The van der Waals surface area contributed by atoms with Crippen molar-refractivity contribution >= 4 is 5.96 Å². The Labute approximate surface area is 179 Å². The first-order chi connectivity index (χ1) is 14.7. The summed E-state index contributed by atoms with van der Waals surface area (Å²) >= 11 is 0. The predicted molar refractivity (Wildman–Crippen MR) is 120 cm³/mol. The van der Waals surface area contributed by atoms with Crippen LogP contribution in [0, 0.1) is 13.8 Å². The van der Waals surface area contributed by atoms with Crippen LogP contribution in [-0.4, -0.2) is 77.5 Å². The molecule has 2 saturated heterocycles. The van der Waals surface area contributed by atoms with E-state index in [4.69, 9.17) is 9.73 Å². The van der Waals surface area contributed by atoms with Crippen molar-refractivity contribution in [3.05, 3.63) is 47.3 Å². The summed E-state index contributed by atoms with van der Waals surface area (Å²) in [6.45, 7) is 13.6. The molecule has 162 valence electrons. The monoisotopic (exact) mass is 410 g/mol. The van der Waals surface area contributed by atoms with Gasteiger partial charge >= 0.3 is 0 Å². The second kappa shape index (κ2) is 9.62. The molecule has 2 aromatic rings. The summed E-state index contributed by atoms with van der Waals surface area (Å²) in [5.41, 5.74) is 4.47. The number of ether oxygens (including phenoxy) is 1. The average molecular weight is 411 g/mol. The topological polar surface area (TPSA) is 57.9 Å². The van der Waals surface area contributed by atoms with E-state index in [-0.39, 0.29) is 0 Å². The minimum absolute atomic E-state index is 0.597. The van der Waals surface area contributed by atoms with E-state index < -0.39 is 0 Å². The molecule has 30 heavy (non-hydrogen) atoms. The third-order valence-electron chi connectivity index (χ3n) is 5.99. The van der Waals surface area contributed by atoms with Crippen LogP contribution in [0.2, 0.25) is 0 Å². The zero-order chi connectivity index (χ0) is 20.9. The number of morpholine rings is 1. The van der Waals surface area contributed by atoms with Crippen molar-refractivity contribution in [2.24, 2.45) is 4.99 Å². The summed E-state index contributed by atoms with van der Waals surface area (Å²) < 4.78 is 7.54. The van der Waals surface area contributed by atoms with Gasteiger partial charge in [0.25, 0.3) is 0 Å². The first kappa shape index (κ1) is 20.9. The Kier molecular flexibility index (Phi) is 6.69. The van der Waals surface area contributed by atoms with Gasteiger partial charge in [-0.3, -0.25) is 4.90 Å². The van der Waals surface area contributed by atoms with Gasteiger partial charge in [0.05, 0.1) is 31.1 Å². The molecule has 1 aromatic heterocycles. The number of rotatable bonds is 5. The van der Waals surface area contributed by atoms with Gasteiger partial charge in [0.1, 0.15) is 0 Å². The molecular formula is C23H34N6O. The van der Waals surface area contributed by atoms with Crippen LogP contribution in [0.1, 0.15) is 30.3 Å². The van der Waals surface area contributed by atoms with Crippen LogP contribution in [-0.2, 0) is 11.3 Å². The van der Waals surface area contributed by atoms with E-state index in [1.165, 1.54) is 12.0 Å². The van der Waals surface area contributed by atoms with Gasteiger partial charge in [-0.05, 0) is 44.9 Å². The smallest absolute Gasteiger partial charge is 0.194 e. The summed E-state index contributed by atoms with van der Waals surface area (Å²) in [6, 6.07) is 11.1. The lowest BCUT2D eigenvalue weighted by molar-refractivity contribution is 0.0195. The molecule has 4 rings (SSSR count). The Balaban J connectivity index is 1.49. The van der Waals surface area contributed by atoms with Gasteiger partial charge < -0.3 is 15.0 Å². The molecule has 2 aliphatic rings. The van der Waals surface area contributed by atoms with E-state index in [1.54, 1.807) is 0 Å². The number of para-hydroxylation sites is 1. The highest BCUT2D eigenvalue weighted by molar-refractivity contribution is 5.80. The highest BCUT2D eigenvalue weighted by Crippen LogP contribution is 2.20. The second-order valence-corrected chi connectivity index (χ2v) is 8.17. The number of hydrogen-bond donors (Lipinski definition) is 1. The van der Waals surface area contributed by atoms with Gasteiger partial charge in [-0.1, -0.05) is 18.2 Å². The fraction of sp³-hybridized carbons (Fsp3) is 0.565. The number of nitrogens with zero attached hydrogens (tertiary/aromatic N) is 5. The van der Waals surface area contributed by atoms with Gasteiger partial charge in [-0.2, -0.15) is 5.10 Å². The van der Waals surface area contributed by atoms with Gasteiger partial charge in [0.2, 0.25) is 0 Å². The summed E-state index contributed by atoms with van der Waals surface area (Å²) in [7, 11) is 0. The molecule has 7 nitrogen and oxygen atoms in total. The van der Waals surface area contributed by atoms with Gasteiger partial charge in [0.15, 0.2) is 5.96 Å². The quantitative estimate of drug-likeness (QED) is 0.606. The van der Waals surface area contributed by atoms with Crippen molar-refractivity contribution in [3.8, 4) is 5.69 Å². The molecular weight excluding hydrogens is 376 g/mol. The molecule has 2 fully saturated rings. The fourth-order valence-corrected chi connectivity index (χ4v) is 4.48. The Morgan fingerprint density at radius 1 is 1.20 bits per heavy atom. The van der Waals surface area contributed by atoms with Crippen molar-refractivity contribution in [3.63, 3.8) is 0 Å². The third-order valence-corrected chi connectivity index (χ3v) is 5.99. The number of nitrogens with one attached hydrogen (secondary N) is 1. The normalized spacial score (nSPS) is 20.7. The first-order valence-corrected chi connectivity index (χ1v) is 11.1. The number of likely N-dealkylation sites (tertiary alicyclic amines) is 1. The minimum atomic E-state index is 0.597. The highest BCUT2D eigenvalue weighted by atomic mass is 16.5. The molecule has 0 spiro atoms. The zero-order valence-electron chi connectivity index (χ0n) is 18.5. The second-order valence-electron chi connectivity index (χ2n) is 8.17. The van der Waals surface area contributed by atoms with Crippen molar-refractivity contribution in [1.82, 2.24) is 24.9 Å². The molecule has 1 N–H and O–H groups in total. The number of hydrogen-bond acceptors (Lipinski definition) is 4. The molecule has 3 heterocycles. The Morgan fingerprint density at radius 3 is 2.73 bits per heavy atom. The molecule has 1 atom stereocenters. The summed E-state index contributed by atoms with van der Waals surface area (Å²) in [5.74, 6) is 1.01. The minimum Gasteiger partial charge on any atom is -0.379 e. The maximum absolute atomic E-state index is 5.52. The van der Waals surface area contributed by atoms with Crippen LogP contribution in [0.5, 0.6) is 0 Å². The fourth-order valence-electron chi connectivity index (χ4n) is 4.48. The van der Waals surface area contributed by atoms with Crippen LogP contribution in [0.25, 0.3) is 5.69 Å². The zero-order valence-corrected chi connectivity index (χ0v) is 18.5.